The molecule has 2 saturated carbocycles. The molecule has 2 N–H and O–H groups in total. The van der Waals surface area contributed by atoms with E-state index in [9.17, 15) is 13.2 Å². The van der Waals surface area contributed by atoms with Crippen molar-refractivity contribution in [1.29, 1.82) is 0 Å². The summed E-state index contributed by atoms with van der Waals surface area (Å²) in [7, 11) is 0. The first-order valence-corrected chi connectivity index (χ1v) is 9.76. The third kappa shape index (κ3) is 4.54. The summed E-state index contributed by atoms with van der Waals surface area (Å²) in [6.07, 6.45) is 0.236. The third-order valence-corrected chi connectivity index (χ3v) is 5.40. The van der Waals surface area contributed by atoms with Crippen molar-refractivity contribution in [2.75, 3.05) is 10.6 Å². The van der Waals surface area contributed by atoms with Gasteiger partial charge in [0.25, 0.3) is 0 Å². The molecule has 2 fully saturated rings. The number of aromatic nitrogens is 3. The van der Waals surface area contributed by atoms with Crippen LogP contribution in [0.25, 0.3) is 11.5 Å². The Morgan fingerprint density at radius 2 is 1.43 bits per heavy atom. The smallest absolute Gasteiger partial charge is 0.367 e. The lowest BCUT2D eigenvalue weighted by Gasteiger charge is -2.18. The van der Waals surface area contributed by atoms with Gasteiger partial charge in [-0.05, 0) is 63.5 Å². The van der Waals surface area contributed by atoms with Gasteiger partial charge in [-0.15, -0.1) is 0 Å². The van der Waals surface area contributed by atoms with E-state index < -0.39 is 11.9 Å². The quantitative estimate of drug-likeness (QED) is 0.697. The molecule has 0 aliphatic heterocycles. The summed E-state index contributed by atoms with van der Waals surface area (Å²) in [4.78, 5) is 12.6. The molecule has 4 rings (SSSR count). The molecule has 0 bridgehead atoms. The summed E-state index contributed by atoms with van der Waals surface area (Å²) >= 11 is 0. The number of pyridine rings is 1. The lowest BCUT2D eigenvalue weighted by Crippen LogP contribution is -2.21. The molecule has 0 saturated heterocycles. The standard InChI is InChI=1S/C20H24F3N5/c1-11(13-6-7-13)24-17-10-18(25-12(2)14-8-9-14)28-19(27-17)15-4-3-5-16(26-15)20(21,22)23/h3-5,10-14H,6-9H2,1-2H3,(H2,24,25,27,28). The first kappa shape index (κ1) is 19.0. The van der Waals surface area contributed by atoms with E-state index in [0.29, 0.717) is 23.5 Å². The van der Waals surface area contributed by atoms with Crippen LogP contribution in [0.5, 0.6) is 0 Å². The van der Waals surface area contributed by atoms with Crippen LogP contribution < -0.4 is 10.6 Å². The maximum atomic E-state index is 13.0. The number of anilines is 2. The van der Waals surface area contributed by atoms with Gasteiger partial charge in [-0.2, -0.15) is 13.2 Å². The molecule has 2 aliphatic rings. The Morgan fingerprint density at radius 3 is 1.89 bits per heavy atom. The average molecular weight is 391 g/mol. The van der Waals surface area contributed by atoms with Gasteiger partial charge >= 0.3 is 6.18 Å². The van der Waals surface area contributed by atoms with E-state index in [-0.39, 0.29) is 23.6 Å². The highest BCUT2D eigenvalue weighted by Crippen LogP contribution is 2.36. The molecule has 2 aliphatic carbocycles. The first-order chi connectivity index (χ1) is 13.3. The van der Waals surface area contributed by atoms with Crippen LogP contribution in [-0.2, 0) is 6.18 Å². The lowest BCUT2D eigenvalue weighted by atomic mass is 10.2. The minimum atomic E-state index is -4.51. The summed E-state index contributed by atoms with van der Waals surface area (Å²) in [5.74, 6) is 2.63. The summed E-state index contributed by atoms with van der Waals surface area (Å²) < 4.78 is 39.1. The summed E-state index contributed by atoms with van der Waals surface area (Å²) in [5.41, 5.74) is -0.834. The molecule has 8 heteroatoms. The highest BCUT2D eigenvalue weighted by Gasteiger charge is 2.33. The highest BCUT2D eigenvalue weighted by atomic mass is 19.4. The normalized spacial score (nSPS) is 19.2. The summed E-state index contributed by atoms with van der Waals surface area (Å²) in [6, 6.07) is 6.13. The summed E-state index contributed by atoms with van der Waals surface area (Å²) in [5, 5.41) is 6.75. The molecule has 28 heavy (non-hydrogen) atoms. The molecule has 2 unspecified atom stereocenters. The fourth-order valence-electron chi connectivity index (χ4n) is 3.32. The topological polar surface area (TPSA) is 62.7 Å². The van der Waals surface area contributed by atoms with Crippen LogP contribution in [0.15, 0.2) is 24.3 Å². The van der Waals surface area contributed by atoms with Crippen LogP contribution in [0, 0.1) is 11.8 Å². The predicted octanol–water partition coefficient (Wildman–Crippen LogP) is 4.98. The molecule has 2 aromatic heterocycles. The van der Waals surface area contributed by atoms with E-state index in [2.05, 4.69) is 39.4 Å². The largest absolute Gasteiger partial charge is 0.433 e. The van der Waals surface area contributed by atoms with Crippen LogP contribution in [-0.4, -0.2) is 27.0 Å². The number of hydrogen-bond acceptors (Lipinski definition) is 5. The van der Waals surface area contributed by atoms with Gasteiger partial charge in [0, 0.05) is 18.2 Å². The number of nitrogens with one attached hydrogen (secondary N) is 2. The van der Waals surface area contributed by atoms with Gasteiger partial charge < -0.3 is 10.6 Å². The zero-order valence-electron chi connectivity index (χ0n) is 15.9. The number of hydrogen-bond donors (Lipinski definition) is 2. The monoisotopic (exact) mass is 391 g/mol. The SMILES string of the molecule is CC(Nc1cc(NC(C)C2CC2)nc(-c2cccc(C(F)(F)F)n2)n1)C1CC1. The Hall–Kier alpha value is -2.38. The van der Waals surface area contributed by atoms with Crippen LogP contribution in [0.1, 0.15) is 45.2 Å². The average Bonchev–Trinajstić information content (AvgIpc) is 3.53. The molecule has 2 aromatic rings. The Labute approximate surface area is 162 Å². The molecule has 150 valence electrons. The van der Waals surface area contributed by atoms with Crippen molar-refractivity contribution in [2.24, 2.45) is 11.8 Å². The molecular formula is C20H24F3N5. The van der Waals surface area contributed by atoms with Crippen LogP contribution in [0.4, 0.5) is 24.8 Å². The van der Waals surface area contributed by atoms with E-state index >= 15 is 0 Å². The minimum absolute atomic E-state index is 0.111. The molecule has 0 aromatic carbocycles. The second-order valence-electron chi connectivity index (χ2n) is 7.91. The maximum absolute atomic E-state index is 13.0. The Morgan fingerprint density at radius 1 is 0.893 bits per heavy atom. The van der Waals surface area contributed by atoms with E-state index in [4.69, 9.17) is 0 Å². The van der Waals surface area contributed by atoms with Gasteiger partial charge in [-0.3, -0.25) is 0 Å². The van der Waals surface area contributed by atoms with E-state index in [1.165, 1.54) is 37.8 Å². The van der Waals surface area contributed by atoms with Gasteiger partial charge in [-0.25, -0.2) is 15.0 Å². The fraction of sp³-hybridized carbons (Fsp3) is 0.550. The van der Waals surface area contributed by atoms with Gasteiger partial charge in [0.05, 0.1) is 0 Å². The van der Waals surface area contributed by atoms with Gasteiger partial charge in [-0.1, -0.05) is 6.07 Å². The van der Waals surface area contributed by atoms with Crippen molar-refractivity contribution in [1.82, 2.24) is 15.0 Å². The second-order valence-corrected chi connectivity index (χ2v) is 7.91. The van der Waals surface area contributed by atoms with Crippen LogP contribution in [0.3, 0.4) is 0 Å². The number of nitrogens with zero attached hydrogens (tertiary/aromatic N) is 3. The van der Waals surface area contributed by atoms with E-state index in [1.807, 2.05) is 6.07 Å². The third-order valence-electron chi connectivity index (χ3n) is 5.40. The molecule has 5 nitrogen and oxygen atoms in total. The maximum Gasteiger partial charge on any atom is 0.433 e. The molecule has 2 heterocycles. The van der Waals surface area contributed by atoms with E-state index in [0.717, 1.165) is 6.07 Å². The van der Waals surface area contributed by atoms with Crippen molar-refractivity contribution < 1.29 is 13.2 Å². The van der Waals surface area contributed by atoms with Crippen molar-refractivity contribution in [3.05, 3.63) is 30.0 Å². The van der Waals surface area contributed by atoms with Gasteiger partial charge in [0.2, 0.25) is 0 Å². The van der Waals surface area contributed by atoms with E-state index in [1.54, 1.807) is 0 Å². The molecule has 0 amide bonds. The molecule has 0 spiro atoms. The molecule has 2 atom stereocenters. The Bertz CT molecular complexity index is 808. The highest BCUT2D eigenvalue weighted by molar-refractivity contribution is 5.59. The van der Waals surface area contributed by atoms with Gasteiger partial charge in [0.15, 0.2) is 5.82 Å². The van der Waals surface area contributed by atoms with Crippen LogP contribution >= 0.6 is 0 Å². The van der Waals surface area contributed by atoms with Crippen LogP contribution in [0.2, 0.25) is 0 Å². The zero-order chi connectivity index (χ0) is 19.9. The van der Waals surface area contributed by atoms with Crippen molar-refractivity contribution >= 4 is 11.6 Å². The number of alkyl halides is 3. The first-order valence-electron chi connectivity index (χ1n) is 9.76. The summed E-state index contributed by atoms with van der Waals surface area (Å²) in [6.45, 7) is 4.20. The van der Waals surface area contributed by atoms with Crippen molar-refractivity contribution in [3.63, 3.8) is 0 Å². The number of rotatable bonds is 7. The fourth-order valence-corrected chi connectivity index (χ4v) is 3.32. The second kappa shape index (κ2) is 7.22. The van der Waals surface area contributed by atoms with Crippen molar-refractivity contribution in [3.8, 4) is 11.5 Å². The molecule has 0 radical (unpaired) electrons. The Kier molecular flexibility index (Phi) is 4.89. The van der Waals surface area contributed by atoms with Crippen molar-refractivity contribution in [2.45, 2.75) is 57.8 Å². The predicted molar refractivity (Wildman–Crippen MR) is 102 cm³/mol. The van der Waals surface area contributed by atoms with Gasteiger partial charge in [0.1, 0.15) is 23.0 Å². The zero-order valence-corrected chi connectivity index (χ0v) is 15.9. The number of halogens is 3. The Balaban J connectivity index is 1.66. The molecular weight excluding hydrogens is 367 g/mol. The minimum Gasteiger partial charge on any atom is -0.367 e. The lowest BCUT2D eigenvalue weighted by molar-refractivity contribution is -0.141.